The Morgan fingerprint density at radius 3 is 1.09 bits per heavy atom. The Balaban J connectivity index is 2.31. The van der Waals surface area contributed by atoms with Gasteiger partial charge in [0.1, 0.15) is 0 Å². The maximum atomic E-state index is 11.7. The van der Waals surface area contributed by atoms with Crippen molar-refractivity contribution in [3.8, 4) is 0 Å². The van der Waals surface area contributed by atoms with Crippen LogP contribution in [0.15, 0.2) is 11.1 Å². The summed E-state index contributed by atoms with van der Waals surface area (Å²) in [6.45, 7) is 0. The summed E-state index contributed by atoms with van der Waals surface area (Å²) in [6.07, 6.45) is 3.26. The summed E-state index contributed by atoms with van der Waals surface area (Å²) in [4.78, 5) is 23.4. The van der Waals surface area contributed by atoms with Gasteiger partial charge in [-0.1, -0.05) is 0 Å². The number of rotatable bonds is 4. The third-order valence-electron chi connectivity index (χ3n) is 4.96. The zero-order valence-corrected chi connectivity index (χ0v) is 12.6. The molecule has 0 aromatic heterocycles. The third-order valence-corrected chi connectivity index (χ3v) is 4.96. The molecule has 4 N–H and O–H groups in total. The number of aliphatic carboxylic acids is 2. The van der Waals surface area contributed by atoms with Gasteiger partial charge in [0, 0.05) is 0 Å². The molecule has 0 unspecified atom stereocenters. The van der Waals surface area contributed by atoms with Crippen LogP contribution in [0.5, 0.6) is 0 Å². The molecule has 0 atom stereocenters. The molecule has 0 spiro atoms. The molecule has 0 radical (unpaired) electrons. The SMILES string of the molecule is O=C(O)/C(=C(\C(=O)O)C1CCC(O)CC1)C1CCC(O)CC1. The van der Waals surface area contributed by atoms with Crippen LogP contribution in [0.1, 0.15) is 51.4 Å². The number of carboxylic acid groups (broad SMARTS) is 2. The van der Waals surface area contributed by atoms with E-state index in [0.717, 1.165) is 0 Å². The first kappa shape index (κ1) is 17.0. The van der Waals surface area contributed by atoms with E-state index in [1.165, 1.54) is 0 Å². The van der Waals surface area contributed by atoms with Crippen molar-refractivity contribution in [2.75, 3.05) is 0 Å². The van der Waals surface area contributed by atoms with Crippen LogP contribution < -0.4 is 0 Å². The fourth-order valence-corrected chi connectivity index (χ4v) is 3.75. The van der Waals surface area contributed by atoms with Crippen LogP contribution in [0.3, 0.4) is 0 Å². The van der Waals surface area contributed by atoms with Gasteiger partial charge in [0.15, 0.2) is 0 Å². The van der Waals surface area contributed by atoms with Crippen LogP contribution in [-0.4, -0.2) is 44.6 Å². The summed E-state index contributed by atoms with van der Waals surface area (Å²) in [6, 6.07) is 0. The van der Waals surface area contributed by atoms with Gasteiger partial charge in [-0.05, 0) is 63.2 Å². The van der Waals surface area contributed by atoms with E-state index in [1.807, 2.05) is 0 Å². The van der Waals surface area contributed by atoms with Crippen LogP contribution in [0.25, 0.3) is 0 Å². The average Bonchev–Trinajstić information content (AvgIpc) is 2.46. The molecule has 0 amide bonds. The lowest BCUT2D eigenvalue weighted by molar-refractivity contribution is -0.137. The summed E-state index contributed by atoms with van der Waals surface area (Å²) in [5, 5.41) is 38.3. The van der Waals surface area contributed by atoms with Gasteiger partial charge in [0.25, 0.3) is 0 Å². The van der Waals surface area contributed by atoms with Crippen LogP contribution in [0.2, 0.25) is 0 Å². The number of carboxylic acids is 2. The number of carbonyl (C=O) groups is 2. The molecule has 6 nitrogen and oxygen atoms in total. The minimum absolute atomic E-state index is 0.0146. The van der Waals surface area contributed by atoms with Crippen molar-refractivity contribution in [2.45, 2.75) is 63.6 Å². The van der Waals surface area contributed by atoms with Gasteiger partial charge in [0.05, 0.1) is 23.4 Å². The number of aliphatic hydroxyl groups excluding tert-OH is 2. The molecule has 2 rings (SSSR count). The largest absolute Gasteiger partial charge is 0.478 e. The number of aliphatic hydroxyl groups is 2. The van der Waals surface area contributed by atoms with Gasteiger partial charge >= 0.3 is 11.9 Å². The Morgan fingerprint density at radius 2 is 0.864 bits per heavy atom. The summed E-state index contributed by atoms with van der Waals surface area (Å²) in [5.74, 6) is -2.94. The molecule has 2 aliphatic carbocycles. The van der Waals surface area contributed by atoms with Crippen molar-refractivity contribution < 1.29 is 30.0 Å². The Labute approximate surface area is 129 Å². The van der Waals surface area contributed by atoms with Crippen molar-refractivity contribution in [1.29, 1.82) is 0 Å². The van der Waals surface area contributed by atoms with Crippen molar-refractivity contribution in [3.63, 3.8) is 0 Å². The molecule has 0 bridgehead atoms. The normalized spacial score (nSPS) is 33.9. The maximum Gasteiger partial charge on any atom is 0.332 e. The first-order chi connectivity index (χ1) is 10.4. The van der Waals surface area contributed by atoms with Gasteiger partial charge < -0.3 is 20.4 Å². The first-order valence-corrected chi connectivity index (χ1v) is 7.97. The zero-order valence-electron chi connectivity index (χ0n) is 12.6. The van der Waals surface area contributed by atoms with Gasteiger partial charge in [-0.3, -0.25) is 0 Å². The fourth-order valence-electron chi connectivity index (χ4n) is 3.75. The predicted molar refractivity (Wildman–Crippen MR) is 78.2 cm³/mol. The van der Waals surface area contributed by atoms with Gasteiger partial charge in [-0.2, -0.15) is 0 Å². The van der Waals surface area contributed by atoms with Crippen molar-refractivity contribution >= 4 is 11.9 Å². The first-order valence-electron chi connectivity index (χ1n) is 7.97. The highest BCUT2D eigenvalue weighted by Crippen LogP contribution is 2.38. The second-order valence-electron chi connectivity index (χ2n) is 6.45. The third kappa shape index (κ3) is 3.87. The maximum absolute atomic E-state index is 11.7. The molecule has 0 saturated heterocycles. The predicted octanol–water partition coefficient (Wildman–Crippen LogP) is 1.55. The highest BCUT2D eigenvalue weighted by molar-refractivity contribution is 5.99. The fraction of sp³-hybridized carbons (Fsp3) is 0.750. The molecule has 2 saturated carbocycles. The van der Waals surface area contributed by atoms with Crippen LogP contribution in [0.4, 0.5) is 0 Å². The highest BCUT2D eigenvalue weighted by atomic mass is 16.4. The molecule has 2 aliphatic rings. The van der Waals surface area contributed by atoms with Gasteiger partial charge in [-0.15, -0.1) is 0 Å². The van der Waals surface area contributed by atoms with Gasteiger partial charge in [0.2, 0.25) is 0 Å². The second kappa shape index (κ2) is 7.24. The monoisotopic (exact) mass is 312 g/mol. The zero-order chi connectivity index (χ0) is 16.3. The van der Waals surface area contributed by atoms with E-state index in [2.05, 4.69) is 0 Å². The molecule has 0 aliphatic heterocycles. The Kier molecular flexibility index (Phi) is 5.58. The molecule has 0 aromatic carbocycles. The Hall–Kier alpha value is -1.40. The lowest BCUT2D eigenvalue weighted by atomic mass is 9.75. The van der Waals surface area contributed by atoms with E-state index >= 15 is 0 Å². The minimum Gasteiger partial charge on any atom is -0.478 e. The lowest BCUT2D eigenvalue weighted by Gasteiger charge is -2.31. The Morgan fingerprint density at radius 1 is 0.591 bits per heavy atom. The Bertz CT molecular complexity index is 411. The topological polar surface area (TPSA) is 115 Å². The van der Waals surface area contributed by atoms with E-state index in [0.29, 0.717) is 51.4 Å². The second-order valence-corrected chi connectivity index (χ2v) is 6.45. The minimum atomic E-state index is -1.16. The number of hydrogen-bond donors (Lipinski definition) is 4. The molecular weight excluding hydrogens is 288 g/mol. The molecule has 2 fully saturated rings. The van der Waals surface area contributed by atoms with E-state index in [9.17, 15) is 30.0 Å². The van der Waals surface area contributed by atoms with E-state index in [1.54, 1.807) is 0 Å². The van der Waals surface area contributed by atoms with Crippen molar-refractivity contribution in [1.82, 2.24) is 0 Å². The molecule has 22 heavy (non-hydrogen) atoms. The molecule has 124 valence electrons. The van der Waals surface area contributed by atoms with Gasteiger partial charge in [-0.25, -0.2) is 9.59 Å². The molecule has 0 heterocycles. The van der Waals surface area contributed by atoms with E-state index < -0.39 is 24.1 Å². The molecular formula is C16H24O6. The van der Waals surface area contributed by atoms with E-state index in [4.69, 9.17) is 0 Å². The summed E-state index contributed by atoms with van der Waals surface area (Å²) in [5.41, 5.74) is 0.0292. The smallest absolute Gasteiger partial charge is 0.332 e. The van der Waals surface area contributed by atoms with Crippen molar-refractivity contribution in [3.05, 3.63) is 11.1 Å². The lowest BCUT2D eigenvalue weighted by Crippen LogP contribution is -2.29. The summed E-state index contributed by atoms with van der Waals surface area (Å²) in [7, 11) is 0. The van der Waals surface area contributed by atoms with Crippen molar-refractivity contribution in [2.24, 2.45) is 11.8 Å². The summed E-state index contributed by atoms with van der Waals surface area (Å²) >= 11 is 0. The summed E-state index contributed by atoms with van der Waals surface area (Å²) < 4.78 is 0. The van der Waals surface area contributed by atoms with Crippen LogP contribution in [0, 0.1) is 11.8 Å². The number of hydrogen-bond acceptors (Lipinski definition) is 4. The highest BCUT2D eigenvalue weighted by Gasteiger charge is 2.35. The van der Waals surface area contributed by atoms with E-state index in [-0.39, 0.29) is 23.0 Å². The molecule has 6 heteroatoms. The standard InChI is InChI=1S/C16H24O6/c17-11-5-1-9(2-6-11)13(15(19)20)14(16(21)22)10-3-7-12(18)8-4-10/h9-12,17-18H,1-8H2,(H,19,20)(H,21,22)/b14-13-. The quantitative estimate of drug-likeness (QED) is 0.586. The average molecular weight is 312 g/mol. The van der Waals surface area contributed by atoms with Crippen LogP contribution >= 0.6 is 0 Å². The van der Waals surface area contributed by atoms with Crippen LogP contribution in [-0.2, 0) is 9.59 Å². The molecule has 0 aromatic rings.